The molecule has 0 aromatic rings. The second kappa shape index (κ2) is 6.17. The van der Waals surface area contributed by atoms with Crippen molar-refractivity contribution in [2.45, 2.75) is 25.3 Å². The quantitative estimate of drug-likeness (QED) is 0.492. The van der Waals surface area contributed by atoms with E-state index in [4.69, 9.17) is 4.74 Å². The Morgan fingerprint density at radius 3 is 3.00 bits per heavy atom. The first-order valence-corrected chi connectivity index (χ1v) is 5.41. The maximum Gasteiger partial charge on any atom is 0.0645 e. The minimum Gasteiger partial charge on any atom is -0.380 e. The Balaban J connectivity index is 2.06. The summed E-state index contributed by atoms with van der Waals surface area (Å²) in [5, 5.41) is 6.81. The van der Waals surface area contributed by atoms with Crippen LogP contribution in [0.15, 0.2) is 12.7 Å². The summed E-state index contributed by atoms with van der Waals surface area (Å²) in [5.41, 5.74) is 0.189. The van der Waals surface area contributed by atoms with Crippen molar-refractivity contribution in [3.63, 3.8) is 0 Å². The van der Waals surface area contributed by atoms with E-state index in [1.54, 1.807) is 0 Å². The van der Waals surface area contributed by atoms with Gasteiger partial charge in [0.2, 0.25) is 0 Å². The molecule has 0 spiro atoms. The van der Waals surface area contributed by atoms with Gasteiger partial charge in [-0.15, -0.1) is 6.58 Å². The first-order valence-electron chi connectivity index (χ1n) is 5.41. The van der Waals surface area contributed by atoms with Crippen LogP contribution in [0.25, 0.3) is 0 Å². The Bertz CT molecular complexity index is 165. The number of rotatable bonds is 6. The van der Waals surface area contributed by atoms with Crippen molar-refractivity contribution in [3.05, 3.63) is 12.7 Å². The van der Waals surface area contributed by atoms with Gasteiger partial charge < -0.3 is 15.4 Å². The molecule has 0 aliphatic carbocycles. The Morgan fingerprint density at radius 1 is 1.50 bits per heavy atom. The highest BCUT2D eigenvalue weighted by Gasteiger charge is 2.26. The molecule has 0 amide bonds. The fraction of sp³-hybridized carbons (Fsp3) is 0.818. The summed E-state index contributed by atoms with van der Waals surface area (Å²) < 4.78 is 5.46. The zero-order chi connectivity index (χ0) is 10.3. The summed E-state index contributed by atoms with van der Waals surface area (Å²) in [6.45, 7) is 10.5. The van der Waals surface area contributed by atoms with Gasteiger partial charge in [-0.1, -0.05) is 6.08 Å². The first-order chi connectivity index (χ1) is 6.77. The van der Waals surface area contributed by atoms with Gasteiger partial charge in [0.05, 0.1) is 6.61 Å². The average molecular weight is 198 g/mol. The Labute approximate surface area is 86.9 Å². The maximum absolute atomic E-state index is 5.46. The topological polar surface area (TPSA) is 33.3 Å². The molecule has 0 bridgehead atoms. The van der Waals surface area contributed by atoms with Gasteiger partial charge in [-0.25, -0.2) is 0 Å². The molecule has 0 aromatic heterocycles. The van der Waals surface area contributed by atoms with Crippen LogP contribution in [-0.2, 0) is 4.74 Å². The Kier molecular flexibility index (Phi) is 5.15. The van der Waals surface area contributed by atoms with E-state index in [9.17, 15) is 0 Å². The van der Waals surface area contributed by atoms with Crippen LogP contribution < -0.4 is 10.6 Å². The van der Waals surface area contributed by atoms with Crippen molar-refractivity contribution >= 4 is 0 Å². The van der Waals surface area contributed by atoms with Crippen LogP contribution in [0.1, 0.15) is 19.8 Å². The van der Waals surface area contributed by atoms with Gasteiger partial charge in [-0.3, -0.25) is 0 Å². The number of nitrogens with one attached hydrogen (secondary N) is 2. The largest absolute Gasteiger partial charge is 0.380 e. The van der Waals surface area contributed by atoms with Gasteiger partial charge in [-0.2, -0.15) is 0 Å². The fourth-order valence-electron chi connectivity index (χ4n) is 1.73. The van der Waals surface area contributed by atoms with Gasteiger partial charge in [0.25, 0.3) is 0 Å². The van der Waals surface area contributed by atoms with E-state index < -0.39 is 0 Å². The molecule has 3 heteroatoms. The van der Waals surface area contributed by atoms with E-state index in [1.165, 1.54) is 12.8 Å². The van der Waals surface area contributed by atoms with Crippen LogP contribution in [-0.4, -0.2) is 38.4 Å². The molecule has 0 radical (unpaired) electrons. The summed E-state index contributed by atoms with van der Waals surface area (Å²) >= 11 is 0. The van der Waals surface area contributed by atoms with Gasteiger partial charge in [0.15, 0.2) is 0 Å². The molecule has 1 unspecified atom stereocenters. The number of hydrogen-bond donors (Lipinski definition) is 2. The van der Waals surface area contributed by atoms with Gasteiger partial charge >= 0.3 is 0 Å². The molecule has 1 saturated heterocycles. The number of ether oxygens (including phenoxy) is 1. The van der Waals surface area contributed by atoms with Crippen LogP contribution in [0.4, 0.5) is 0 Å². The average Bonchev–Trinajstić information content (AvgIpc) is 2.18. The molecule has 1 heterocycles. The van der Waals surface area contributed by atoms with Crippen LogP contribution in [0.2, 0.25) is 0 Å². The zero-order valence-corrected chi connectivity index (χ0v) is 9.14. The normalized spacial score (nSPS) is 27.5. The molecule has 0 saturated carbocycles. The zero-order valence-electron chi connectivity index (χ0n) is 9.14. The summed E-state index contributed by atoms with van der Waals surface area (Å²) in [6, 6.07) is 0. The Morgan fingerprint density at radius 2 is 2.36 bits per heavy atom. The SMILES string of the molecule is C=CCNCCNC1(C)CCCOC1. The molecule has 1 aliphatic rings. The van der Waals surface area contributed by atoms with Crippen molar-refractivity contribution in [2.75, 3.05) is 32.8 Å². The van der Waals surface area contributed by atoms with E-state index in [0.29, 0.717) is 0 Å². The Hall–Kier alpha value is -0.380. The highest BCUT2D eigenvalue weighted by Crippen LogP contribution is 2.17. The fourth-order valence-corrected chi connectivity index (χ4v) is 1.73. The van der Waals surface area contributed by atoms with E-state index in [2.05, 4.69) is 24.1 Å². The number of hydrogen-bond acceptors (Lipinski definition) is 3. The lowest BCUT2D eigenvalue weighted by molar-refractivity contribution is 0.0289. The summed E-state index contributed by atoms with van der Waals surface area (Å²) in [4.78, 5) is 0. The van der Waals surface area contributed by atoms with E-state index in [0.717, 1.165) is 32.8 Å². The van der Waals surface area contributed by atoms with Crippen LogP contribution in [0.3, 0.4) is 0 Å². The van der Waals surface area contributed by atoms with Crippen LogP contribution in [0, 0.1) is 0 Å². The van der Waals surface area contributed by atoms with Crippen molar-refractivity contribution in [2.24, 2.45) is 0 Å². The third kappa shape index (κ3) is 4.22. The van der Waals surface area contributed by atoms with Crippen molar-refractivity contribution in [3.8, 4) is 0 Å². The molecule has 14 heavy (non-hydrogen) atoms. The van der Waals surface area contributed by atoms with Crippen LogP contribution in [0.5, 0.6) is 0 Å². The molecule has 1 fully saturated rings. The van der Waals surface area contributed by atoms with Crippen molar-refractivity contribution in [1.82, 2.24) is 10.6 Å². The lowest BCUT2D eigenvalue weighted by Gasteiger charge is -2.34. The first kappa shape index (κ1) is 11.7. The molecular weight excluding hydrogens is 176 g/mol. The van der Waals surface area contributed by atoms with Crippen molar-refractivity contribution < 1.29 is 4.74 Å². The molecule has 3 nitrogen and oxygen atoms in total. The van der Waals surface area contributed by atoms with Gasteiger partial charge in [0.1, 0.15) is 0 Å². The standard InChI is InChI=1S/C11H22N2O/c1-3-6-12-7-8-13-11(2)5-4-9-14-10-11/h3,12-13H,1,4-10H2,2H3. The van der Waals surface area contributed by atoms with Gasteiger partial charge in [-0.05, 0) is 19.8 Å². The lowest BCUT2D eigenvalue weighted by atomic mass is 9.95. The summed E-state index contributed by atoms with van der Waals surface area (Å²) in [5.74, 6) is 0. The molecular formula is C11H22N2O. The van der Waals surface area contributed by atoms with E-state index in [1.807, 2.05) is 6.08 Å². The van der Waals surface area contributed by atoms with Crippen LogP contribution >= 0.6 is 0 Å². The highest BCUT2D eigenvalue weighted by molar-refractivity contribution is 4.85. The monoisotopic (exact) mass is 198 g/mol. The minimum atomic E-state index is 0.189. The van der Waals surface area contributed by atoms with E-state index >= 15 is 0 Å². The molecule has 82 valence electrons. The second-order valence-corrected chi connectivity index (χ2v) is 4.14. The maximum atomic E-state index is 5.46. The highest BCUT2D eigenvalue weighted by atomic mass is 16.5. The van der Waals surface area contributed by atoms with Crippen molar-refractivity contribution in [1.29, 1.82) is 0 Å². The second-order valence-electron chi connectivity index (χ2n) is 4.14. The summed E-state index contributed by atoms with van der Waals surface area (Å²) in [7, 11) is 0. The molecule has 2 N–H and O–H groups in total. The lowest BCUT2D eigenvalue weighted by Crippen LogP contribution is -2.50. The third-order valence-corrected chi connectivity index (χ3v) is 2.58. The smallest absolute Gasteiger partial charge is 0.0645 e. The third-order valence-electron chi connectivity index (χ3n) is 2.58. The molecule has 1 rings (SSSR count). The predicted octanol–water partition coefficient (Wildman–Crippen LogP) is 0.921. The summed E-state index contributed by atoms with van der Waals surface area (Å²) in [6.07, 6.45) is 4.27. The minimum absolute atomic E-state index is 0.189. The molecule has 1 atom stereocenters. The molecule has 0 aromatic carbocycles. The van der Waals surface area contributed by atoms with E-state index in [-0.39, 0.29) is 5.54 Å². The molecule has 1 aliphatic heterocycles. The van der Waals surface area contributed by atoms with Gasteiger partial charge in [0, 0.05) is 31.8 Å². The predicted molar refractivity (Wildman–Crippen MR) is 59.5 cm³/mol.